The number of anilines is 1. The van der Waals surface area contributed by atoms with Crippen molar-refractivity contribution in [3.63, 3.8) is 0 Å². The summed E-state index contributed by atoms with van der Waals surface area (Å²) in [5, 5.41) is 10.3. The Morgan fingerprint density at radius 3 is 2.57 bits per heavy atom. The van der Waals surface area contributed by atoms with Gasteiger partial charge in [0.2, 0.25) is 0 Å². The summed E-state index contributed by atoms with van der Waals surface area (Å²) in [5.41, 5.74) is 2.46. The van der Waals surface area contributed by atoms with Crippen molar-refractivity contribution in [2.45, 2.75) is 18.9 Å². The molecular formula is C17H17F2NO. The molecule has 0 aromatic heterocycles. The monoisotopic (exact) mass is 289 g/mol. The van der Waals surface area contributed by atoms with Crippen LogP contribution in [0.15, 0.2) is 36.4 Å². The maximum atomic E-state index is 13.8. The van der Waals surface area contributed by atoms with Gasteiger partial charge >= 0.3 is 0 Å². The van der Waals surface area contributed by atoms with Crippen LogP contribution in [0.3, 0.4) is 0 Å². The molecule has 21 heavy (non-hydrogen) atoms. The maximum Gasteiger partial charge on any atom is 0.132 e. The second-order valence-electron chi connectivity index (χ2n) is 5.45. The van der Waals surface area contributed by atoms with Crippen molar-refractivity contribution in [2.75, 3.05) is 18.5 Å². The van der Waals surface area contributed by atoms with Gasteiger partial charge in [-0.2, -0.15) is 0 Å². The van der Waals surface area contributed by atoms with E-state index in [4.69, 9.17) is 0 Å². The molecule has 0 fully saturated rings. The van der Waals surface area contributed by atoms with Gasteiger partial charge in [-0.3, -0.25) is 0 Å². The first-order valence-corrected chi connectivity index (χ1v) is 7.04. The lowest BCUT2D eigenvalue weighted by molar-refractivity contribution is 0.209. The number of rotatable bonds is 2. The topological polar surface area (TPSA) is 23.5 Å². The van der Waals surface area contributed by atoms with E-state index in [1.54, 1.807) is 6.07 Å². The predicted octanol–water partition coefficient (Wildman–Crippen LogP) is 3.43. The standard InChI is InChI=1S/C17H17F2NO/c1-20-9-3-4-11-10-12(7-8-15(11)20)17(21)16-13(18)5-2-6-14(16)19/h2,5-8,10,17,21H,3-4,9H2,1H3. The third kappa shape index (κ3) is 2.51. The molecule has 4 heteroatoms. The molecule has 0 radical (unpaired) electrons. The van der Waals surface area contributed by atoms with Crippen molar-refractivity contribution in [2.24, 2.45) is 0 Å². The number of aryl methyl sites for hydroxylation is 1. The van der Waals surface area contributed by atoms with E-state index >= 15 is 0 Å². The highest BCUT2D eigenvalue weighted by Crippen LogP contribution is 2.32. The van der Waals surface area contributed by atoms with Crippen LogP contribution >= 0.6 is 0 Å². The van der Waals surface area contributed by atoms with E-state index in [0.29, 0.717) is 5.56 Å². The first kappa shape index (κ1) is 14.0. The van der Waals surface area contributed by atoms with E-state index in [1.165, 1.54) is 6.07 Å². The van der Waals surface area contributed by atoms with Crippen molar-refractivity contribution in [3.8, 4) is 0 Å². The molecule has 0 saturated heterocycles. The number of hydrogen-bond donors (Lipinski definition) is 1. The molecule has 0 saturated carbocycles. The largest absolute Gasteiger partial charge is 0.383 e. The van der Waals surface area contributed by atoms with Crippen LogP contribution in [0.25, 0.3) is 0 Å². The molecule has 1 heterocycles. The Morgan fingerprint density at radius 1 is 1.14 bits per heavy atom. The van der Waals surface area contributed by atoms with E-state index in [0.717, 1.165) is 42.8 Å². The van der Waals surface area contributed by atoms with Crippen molar-refractivity contribution in [1.29, 1.82) is 0 Å². The Bertz CT molecular complexity index is 652. The molecule has 1 atom stereocenters. The van der Waals surface area contributed by atoms with E-state index < -0.39 is 17.7 Å². The number of fused-ring (bicyclic) bond motifs is 1. The third-order valence-corrected chi connectivity index (χ3v) is 4.04. The summed E-state index contributed by atoms with van der Waals surface area (Å²) >= 11 is 0. The Kier molecular flexibility index (Phi) is 3.64. The molecule has 0 amide bonds. The first-order valence-electron chi connectivity index (χ1n) is 7.04. The second-order valence-corrected chi connectivity index (χ2v) is 5.45. The molecule has 110 valence electrons. The zero-order valence-corrected chi connectivity index (χ0v) is 11.8. The lowest BCUT2D eigenvalue weighted by Crippen LogP contribution is -2.24. The van der Waals surface area contributed by atoms with Gasteiger partial charge < -0.3 is 10.0 Å². The first-order chi connectivity index (χ1) is 10.1. The molecule has 1 unspecified atom stereocenters. The van der Waals surface area contributed by atoms with Gasteiger partial charge in [-0.05, 0) is 42.2 Å². The normalized spacial score (nSPS) is 15.7. The fraction of sp³-hybridized carbons (Fsp3) is 0.294. The Morgan fingerprint density at radius 2 is 1.86 bits per heavy atom. The number of nitrogens with zero attached hydrogens (tertiary/aromatic N) is 1. The number of hydrogen-bond acceptors (Lipinski definition) is 2. The summed E-state index contributed by atoms with van der Waals surface area (Å²) in [5.74, 6) is -1.45. The molecular weight excluding hydrogens is 272 g/mol. The van der Waals surface area contributed by atoms with E-state index in [1.807, 2.05) is 19.2 Å². The summed E-state index contributed by atoms with van der Waals surface area (Å²) in [4.78, 5) is 2.15. The highest BCUT2D eigenvalue weighted by Gasteiger charge is 2.21. The van der Waals surface area contributed by atoms with Crippen LogP contribution in [0.5, 0.6) is 0 Å². The Balaban J connectivity index is 2.01. The quantitative estimate of drug-likeness (QED) is 0.915. The Hall–Kier alpha value is -1.94. The number of benzene rings is 2. The highest BCUT2D eigenvalue weighted by atomic mass is 19.1. The van der Waals surface area contributed by atoms with Gasteiger partial charge in [0.1, 0.15) is 17.7 Å². The number of aliphatic hydroxyl groups excluding tert-OH is 1. The van der Waals surface area contributed by atoms with E-state index in [9.17, 15) is 13.9 Å². The average Bonchev–Trinajstić information content (AvgIpc) is 2.47. The van der Waals surface area contributed by atoms with Crippen LogP contribution in [0.2, 0.25) is 0 Å². The van der Waals surface area contributed by atoms with Gasteiger partial charge in [0, 0.05) is 19.3 Å². The molecule has 1 aliphatic rings. The Labute approximate surface area is 122 Å². The fourth-order valence-electron chi connectivity index (χ4n) is 2.91. The van der Waals surface area contributed by atoms with Gasteiger partial charge in [-0.15, -0.1) is 0 Å². The summed E-state index contributed by atoms with van der Waals surface area (Å²) < 4.78 is 27.6. The molecule has 3 rings (SSSR count). The molecule has 0 aliphatic carbocycles. The minimum absolute atomic E-state index is 0.290. The zero-order valence-electron chi connectivity index (χ0n) is 11.8. The molecule has 0 spiro atoms. The summed E-state index contributed by atoms with van der Waals surface area (Å²) in [6.45, 7) is 0.997. The van der Waals surface area contributed by atoms with Crippen molar-refractivity contribution in [1.82, 2.24) is 0 Å². The van der Waals surface area contributed by atoms with Gasteiger partial charge in [0.05, 0.1) is 5.56 Å². The van der Waals surface area contributed by atoms with Crippen LogP contribution in [0.4, 0.5) is 14.5 Å². The lowest BCUT2D eigenvalue weighted by atomic mass is 9.94. The van der Waals surface area contributed by atoms with Crippen molar-refractivity contribution >= 4 is 5.69 Å². The van der Waals surface area contributed by atoms with Crippen molar-refractivity contribution < 1.29 is 13.9 Å². The SMILES string of the molecule is CN1CCCc2cc(C(O)c3c(F)cccc3F)ccc21. The predicted molar refractivity (Wildman–Crippen MR) is 78.5 cm³/mol. The molecule has 2 nitrogen and oxygen atoms in total. The van der Waals surface area contributed by atoms with Gasteiger partial charge in [0.25, 0.3) is 0 Å². The fourth-order valence-corrected chi connectivity index (χ4v) is 2.91. The minimum atomic E-state index is -1.29. The van der Waals surface area contributed by atoms with Crippen LogP contribution < -0.4 is 4.90 Å². The van der Waals surface area contributed by atoms with Crippen LogP contribution in [0.1, 0.15) is 29.2 Å². The van der Waals surface area contributed by atoms with Crippen molar-refractivity contribution in [3.05, 3.63) is 64.7 Å². The summed E-state index contributed by atoms with van der Waals surface area (Å²) in [6, 6.07) is 9.11. The van der Waals surface area contributed by atoms with Crippen LogP contribution in [-0.4, -0.2) is 18.7 Å². The highest BCUT2D eigenvalue weighted by molar-refractivity contribution is 5.57. The second kappa shape index (κ2) is 5.45. The molecule has 1 aliphatic heterocycles. The summed E-state index contributed by atoms with van der Waals surface area (Å²) in [7, 11) is 2.02. The molecule has 0 bridgehead atoms. The van der Waals surface area contributed by atoms with Gasteiger partial charge in [0.15, 0.2) is 0 Å². The smallest absolute Gasteiger partial charge is 0.132 e. The average molecular weight is 289 g/mol. The van der Waals surface area contributed by atoms with E-state index in [2.05, 4.69) is 4.90 Å². The summed E-state index contributed by atoms with van der Waals surface area (Å²) in [6.07, 6.45) is 0.667. The molecule has 1 N–H and O–H groups in total. The third-order valence-electron chi connectivity index (χ3n) is 4.04. The van der Waals surface area contributed by atoms with E-state index in [-0.39, 0.29) is 5.56 Å². The lowest BCUT2D eigenvalue weighted by Gasteiger charge is -2.28. The number of aliphatic hydroxyl groups is 1. The molecule has 2 aromatic rings. The van der Waals surface area contributed by atoms with Gasteiger partial charge in [-0.1, -0.05) is 18.2 Å². The van der Waals surface area contributed by atoms with Gasteiger partial charge in [-0.25, -0.2) is 8.78 Å². The minimum Gasteiger partial charge on any atom is -0.383 e. The number of halogens is 2. The van der Waals surface area contributed by atoms with Crippen LogP contribution in [-0.2, 0) is 6.42 Å². The maximum absolute atomic E-state index is 13.8. The van der Waals surface area contributed by atoms with Crippen LogP contribution in [0, 0.1) is 11.6 Å². The molecule has 2 aromatic carbocycles. The zero-order chi connectivity index (χ0) is 15.0.